The summed E-state index contributed by atoms with van der Waals surface area (Å²) in [5.41, 5.74) is 2.35. The van der Waals surface area contributed by atoms with Crippen molar-refractivity contribution in [3.63, 3.8) is 0 Å². The lowest BCUT2D eigenvalue weighted by Crippen LogP contribution is -2.34. The van der Waals surface area contributed by atoms with Crippen LogP contribution in [0.4, 0.5) is 11.4 Å². The third-order valence-electron chi connectivity index (χ3n) is 4.57. The fourth-order valence-electron chi connectivity index (χ4n) is 2.85. The van der Waals surface area contributed by atoms with Gasteiger partial charge in [-0.2, -0.15) is 0 Å². The summed E-state index contributed by atoms with van der Waals surface area (Å²) in [5.74, 6) is -0.741. The van der Waals surface area contributed by atoms with Crippen molar-refractivity contribution in [3.8, 4) is 0 Å². The molecule has 2 amide bonds. The van der Waals surface area contributed by atoms with Crippen molar-refractivity contribution in [2.75, 3.05) is 23.6 Å². The normalized spacial score (nSPS) is 11.0. The van der Waals surface area contributed by atoms with Gasteiger partial charge >= 0.3 is 0 Å². The smallest absolute Gasteiger partial charge is 0.261 e. The van der Waals surface area contributed by atoms with E-state index in [2.05, 4.69) is 10.0 Å². The van der Waals surface area contributed by atoms with Crippen molar-refractivity contribution in [1.29, 1.82) is 0 Å². The van der Waals surface area contributed by atoms with E-state index in [1.807, 2.05) is 19.1 Å². The SMILES string of the molecule is Cc1ccc(NC(=O)CN(C)C(=O)c2ccc(S(=O)(=O)Nc3ccc(Cl)cc3)cc2)cc1. The van der Waals surface area contributed by atoms with Gasteiger partial charge in [-0.3, -0.25) is 14.3 Å². The maximum absolute atomic E-state index is 12.6. The van der Waals surface area contributed by atoms with Crippen molar-refractivity contribution in [1.82, 2.24) is 4.90 Å². The molecule has 0 saturated heterocycles. The van der Waals surface area contributed by atoms with Crippen LogP contribution in [0.15, 0.2) is 77.7 Å². The van der Waals surface area contributed by atoms with Gasteiger partial charge in [0, 0.05) is 29.0 Å². The first-order valence-corrected chi connectivity index (χ1v) is 11.5. The van der Waals surface area contributed by atoms with Gasteiger partial charge in [-0.25, -0.2) is 8.42 Å². The highest BCUT2D eigenvalue weighted by Crippen LogP contribution is 2.19. The zero-order valence-corrected chi connectivity index (χ0v) is 19.1. The van der Waals surface area contributed by atoms with Gasteiger partial charge in [-0.1, -0.05) is 29.3 Å². The van der Waals surface area contributed by atoms with Crippen LogP contribution in [-0.4, -0.2) is 38.7 Å². The number of aryl methyl sites for hydroxylation is 1. The predicted molar refractivity (Wildman–Crippen MR) is 125 cm³/mol. The van der Waals surface area contributed by atoms with Crippen molar-refractivity contribution in [2.45, 2.75) is 11.8 Å². The number of carbonyl (C=O) groups excluding carboxylic acids is 2. The lowest BCUT2D eigenvalue weighted by molar-refractivity contribution is -0.116. The quantitative estimate of drug-likeness (QED) is 0.540. The fraction of sp³-hybridized carbons (Fsp3) is 0.130. The first-order valence-electron chi connectivity index (χ1n) is 9.64. The number of benzene rings is 3. The number of nitrogens with zero attached hydrogens (tertiary/aromatic N) is 1. The molecule has 3 aromatic carbocycles. The average Bonchev–Trinajstić information content (AvgIpc) is 2.76. The van der Waals surface area contributed by atoms with Gasteiger partial charge in [0.25, 0.3) is 15.9 Å². The minimum absolute atomic E-state index is 0.00349. The molecule has 32 heavy (non-hydrogen) atoms. The number of rotatable bonds is 7. The average molecular weight is 472 g/mol. The second-order valence-corrected chi connectivity index (χ2v) is 9.33. The van der Waals surface area contributed by atoms with Crippen LogP contribution in [0.2, 0.25) is 5.02 Å². The van der Waals surface area contributed by atoms with E-state index in [-0.39, 0.29) is 22.9 Å². The van der Waals surface area contributed by atoms with E-state index in [0.717, 1.165) is 5.56 Å². The van der Waals surface area contributed by atoms with E-state index in [4.69, 9.17) is 11.6 Å². The molecule has 9 heteroatoms. The van der Waals surface area contributed by atoms with Crippen LogP contribution in [0.5, 0.6) is 0 Å². The molecule has 0 atom stereocenters. The molecule has 0 heterocycles. The largest absolute Gasteiger partial charge is 0.332 e. The van der Waals surface area contributed by atoms with Gasteiger partial charge in [0.05, 0.1) is 11.4 Å². The highest BCUT2D eigenvalue weighted by atomic mass is 35.5. The number of nitrogens with one attached hydrogen (secondary N) is 2. The monoisotopic (exact) mass is 471 g/mol. The van der Waals surface area contributed by atoms with Gasteiger partial charge in [0.15, 0.2) is 0 Å². The lowest BCUT2D eigenvalue weighted by Gasteiger charge is -2.17. The van der Waals surface area contributed by atoms with Crippen molar-refractivity contribution in [3.05, 3.63) is 88.9 Å². The number of amides is 2. The second kappa shape index (κ2) is 9.84. The zero-order chi connectivity index (χ0) is 23.3. The maximum Gasteiger partial charge on any atom is 0.261 e. The summed E-state index contributed by atoms with van der Waals surface area (Å²) in [6, 6.07) is 19.1. The van der Waals surface area contributed by atoms with Crippen molar-refractivity contribution in [2.24, 2.45) is 0 Å². The Bertz CT molecular complexity index is 1210. The molecule has 166 valence electrons. The number of halogens is 1. The third-order valence-corrected chi connectivity index (χ3v) is 6.22. The Labute approximate surface area is 192 Å². The number of sulfonamides is 1. The van der Waals surface area contributed by atoms with Gasteiger partial charge in [-0.15, -0.1) is 0 Å². The Hall–Kier alpha value is -3.36. The highest BCUT2D eigenvalue weighted by molar-refractivity contribution is 7.92. The topological polar surface area (TPSA) is 95.6 Å². The summed E-state index contributed by atoms with van der Waals surface area (Å²) in [4.78, 5) is 26.1. The molecule has 0 bridgehead atoms. The van der Waals surface area contributed by atoms with E-state index >= 15 is 0 Å². The zero-order valence-electron chi connectivity index (χ0n) is 17.5. The Morgan fingerprint density at radius 3 is 2.03 bits per heavy atom. The summed E-state index contributed by atoms with van der Waals surface area (Å²) in [6.07, 6.45) is 0. The Balaban J connectivity index is 1.62. The molecule has 0 aromatic heterocycles. The minimum Gasteiger partial charge on any atom is -0.332 e. The fourth-order valence-corrected chi connectivity index (χ4v) is 4.04. The molecule has 2 N–H and O–H groups in total. The Kier molecular flexibility index (Phi) is 7.17. The van der Waals surface area contributed by atoms with E-state index < -0.39 is 15.9 Å². The number of anilines is 2. The van der Waals surface area contributed by atoms with Crippen LogP contribution in [0.3, 0.4) is 0 Å². The van der Waals surface area contributed by atoms with Gasteiger partial charge < -0.3 is 10.2 Å². The molecule has 0 aliphatic rings. The van der Waals surface area contributed by atoms with Crippen LogP contribution < -0.4 is 10.0 Å². The molecular formula is C23H22ClN3O4S. The lowest BCUT2D eigenvalue weighted by atomic mass is 10.2. The molecule has 0 fully saturated rings. The molecule has 3 rings (SSSR count). The first-order chi connectivity index (χ1) is 15.1. The van der Waals surface area contributed by atoms with Gasteiger partial charge in [0.1, 0.15) is 0 Å². The number of likely N-dealkylation sites (N-methyl/N-ethyl adjacent to an activating group) is 1. The summed E-state index contributed by atoms with van der Waals surface area (Å²) in [6.45, 7) is 1.80. The second-order valence-electron chi connectivity index (χ2n) is 7.21. The van der Waals surface area contributed by atoms with Crippen LogP contribution >= 0.6 is 11.6 Å². The van der Waals surface area contributed by atoms with E-state index in [0.29, 0.717) is 16.4 Å². The van der Waals surface area contributed by atoms with Crippen LogP contribution in [0, 0.1) is 6.92 Å². The first kappa shape index (κ1) is 23.3. The summed E-state index contributed by atoms with van der Waals surface area (Å²) in [7, 11) is -2.32. The highest BCUT2D eigenvalue weighted by Gasteiger charge is 2.18. The molecule has 0 aliphatic heterocycles. The minimum atomic E-state index is -3.83. The number of hydrogen-bond acceptors (Lipinski definition) is 4. The molecular weight excluding hydrogens is 450 g/mol. The predicted octanol–water partition coefficient (Wildman–Crippen LogP) is 4.16. The summed E-state index contributed by atoms with van der Waals surface area (Å²) >= 11 is 5.81. The molecule has 0 unspecified atom stereocenters. The summed E-state index contributed by atoms with van der Waals surface area (Å²) < 4.78 is 27.5. The van der Waals surface area contributed by atoms with Crippen LogP contribution in [0.25, 0.3) is 0 Å². The number of hydrogen-bond donors (Lipinski definition) is 2. The molecule has 0 aliphatic carbocycles. The molecule has 3 aromatic rings. The summed E-state index contributed by atoms with van der Waals surface area (Å²) in [5, 5.41) is 3.23. The maximum atomic E-state index is 12.6. The molecule has 0 radical (unpaired) electrons. The van der Waals surface area contributed by atoms with Gasteiger partial charge in [-0.05, 0) is 67.6 Å². The Morgan fingerprint density at radius 1 is 0.875 bits per heavy atom. The molecule has 0 saturated carbocycles. The van der Waals surface area contributed by atoms with Crippen LogP contribution in [-0.2, 0) is 14.8 Å². The van der Waals surface area contributed by atoms with Crippen molar-refractivity contribution < 1.29 is 18.0 Å². The molecule has 7 nitrogen and oxygen atoms in total. The van der Waals surface area contributed by atoms with E-state index in [1.54, 1.807) is 36.4 Å². The molecule has 0 spiro atoms. The Morgan fingerprint density at radius 2 is 1.44 bits per heavy atom. The van der Waals surface area contributed by atoms with Gasteiger partial charge in [0.2, 0.25) is 5.91 Å². The third kappa shape index (κ3) is 6.09. The van der Waals surface area contributed by atoms with E-state index in [1.165, 1.54) is 36.2 Å². The van der Waals surface area contributed by atoms with Crippen molar-refractivity contribution >= 4 is 44.8 Å². The standard InChI is InChI=1S/C23H22ClN3O4S/c1-16-3-9-19(10-4-16)25-22(28)15-27(2)23(29)17-5-13-21(14-6-17)32(30,31)26-20-11-7-18(24)8-12-20/h3-14,26H,15H2,1-2H3,(H,25,28). The van der Waals surface area contributed by atoms with Crippen LogP contribution in [0.1, 0.15) is 15.9 Å². The number of carbonyl (C=O) groups is 2. The van der Waals surface area contributed by atoms with E-state index in [9.17, 15) is 18.0 Å².